The van der Waals surface area contributed by atoms with Crippen LogP contribution in [-0.2, 0) is 10.0 Å². The molecule has 0 saturated heterocycles. The molecule has 0 unspecified atom stereocenters. The van der Waals surface area contributed by atoms with Gasteiger partial charge in [-0.1, -0.05) is 0 Å². The Kier molecular flexibility index (Phi) is 3.65. The van der Waals surface area contributed by atoms with Gasteiger partial charge in [0.2, 0.25) is 10.0 Å². The summed E-state index contributed by atoms with van der Waals surface area (Å²) in [5, 5.41) is 0. The van der Waals surface area contributed by atoms with Crippen molar-refractivity contribution in [3.8, 4) is 0 Å². The number of hydrogen-bond acceptors (Lipinski definition) is 3. The van der Waals surface area contributed by atoms with E-state index in [-0.39, 0.29) is 17.3 Å². The Morgan fingerprint density at radius 2 is 2.29 bits per heavy atom. The minimum absolute atomic E-state index is 0.0396. The number of hydrogen-bond donors (Lipinski definition) is 1. The van der Waals surface area contributed by atoms with Crippen LogP contribution < -0.4 is 4.72 Å². The Hall–Kier alpha value is -0.880. The summed E-state index contributed by atoms with van der Waals surface area (Å²) < 4.78 is 37.3. The summed E-state index contributed by atoms with van der Waals surface area (Å²) >= 11 is 5.27. The molecule has 0 aromatic carbocycles. The number of sulfonamides is 1. The Morgan fingerprint density at radius 3 is 2.86 bits per heavy atom. The van der Waals surface area contributed by atoms with Crippen LogP contribution in [0, 0.1) is 5.82 Å². The minimum atomic E-state index is -3.56. The fourth-order valence-corrected chi connectivity index (χ4v) is 2.19. The maximum Gasteiger partial charge on any atom is 0.233 e. The molecule has 0 fully saturated rings. The van der Waals surface area contributed by atoms with Crippen LogP contribution in [0.3, 0.4) is 0 Å². The molecule has 14 heavy (non-hydrogen) atoms. The van der Waals surface area contributed by atoms with E-state index in [0.29, 0.717) is 0 Å². The van der Waals surface area contributed by atoms with Crippen molar-refractivity contribution >= 4 is 27.3 Å². The van der Waals surface area contributed by atoms with Gasteiger partial charge in [-0.15, -0.1) is 11.6 Å². The van der Waals surface area contributed by atoms with Crippen LogP contribution in [0.5, 0.6) is 0 Å². The zero-order valence-electron chi connectivity index (χ0n) is 7.07. The Balaban J connectivity index is 2.84. The highest BCUT2D eigenvalue weighted by atomic mass is 35.5. The molecule has 1 aromatic rings. The van der Waals surface area contributed by atoms with Crippen molar-refractivity contribution < 1.29 is 12.8 Å². The number of rotatable bonds is 4. The molecule has 0 spiro atoms. The molecule has 1 aromatic heterocycles. The number of halogens is 2. The zero-order valence-corrected chi connectivity index (χ0v) is 8.65. The van der Waals surface area contributed by atoms with Gasteiger partial charge in [-0.2, -0.15) is 0 Å². The Bertz CT molecular complexity index is 410. The summed E-state index contributed by atoms with van der Waals surface area (Å²) in [4.78, 5) is 3.49. The number of nitrogens with zero attached hydrogens (tertiary/aromatic N) is 1. The van der Waals surface area contributed by atoms with Gasteiger partial charge in [0.05, 0.1) is 17.6 Å². The lowest BCUT2D eigenvalue weighted by Crippen LogP contribution is -2.18. The van der Waals surface area contributed by atoms with Crippen molar-refractivity contribution in [1.29, 1.82) is 0 Å². The highest BCUT2D eigenvalue weighted by Crippen LogP contribution is 2.12. The van der Waals surface area contributed by atoms with E-state index in [9.17, 15) is 12.8 Å². The molecule has 1 heterocycles. The number of anilines is 1. The molecule has 1 N–H and O–H groups in total. The van der Waals surface area contributed by atoms with Gasteiger partial charge < -0.3 is 0 Å². The molecule has 7 heteroatoms. The van der Waals surface area contributed by atoms with Gasteiger partial charge in [-0.3, -0.25) is 9.71 Å². The monoisotopic (exact) mass is 238 g/mol. The van der Waals surface area contributed by atoms with E-state index in [1.54, 1.807) is 0 Å². The second-order valence-electron chi connectivity index (χ2n) is 2.47. The average Bonchev–Trinajstić information content (AvgIpc) is 2.08. The highest BCUT2D eigenvalue weighted by molar-refractivity contribution is 7.92. The van der Waals surface area contributed by atoms with Gasteiger partial charge in [0, 0.05) is 12.1 Å². The van der Waals surface area contributed by atoms with E-state index < -0.39 is 15.8 Å². The van der Waals surface area contributed by atoms with Crippen LogP contribution in [0.2, 0.25) is 0 Å². The van der Waals surface area contributed by atoms with Crippen LogP contribution in [0.1, 0.15) is 0 Å². The first kappa shape index (κ1) is 11.2. The molecule has 0 aliphatic rings. The van der Waals surface area contributed by atoms with E-state index >= 15 is 0 Å². The third-order valence-corrected chi connectivity index (χ3v) is 3.07. The smallest absolute Gasteiger partial charge is 0.233 e. The first-order chi connectivity index (χ1) is 6.55. The fourth-order valence-electron chi connectivity index (χ4n) is 0.778. The number of alkyl halides is 1. The van der Waals surface area contributed by atoms with Crippen LogP contribution in [0.15, 0.2) is 18.5 Å². The molecule has 78 valence electrons. The summed E-state index contributed by atoms with van der Waals surface area (Å²) in [6.45, 7) is 0. The van der Waals surface area contributed by atoms with Crippen LogP contribution in [-0.4, -0.2) is 25.0 Å². The van der Waals surface area contributed by atoms with Crippen molar-refractivity contribution in [3.63, 3.8) is 0 Å². The number of aromatic nitrogens is 1. The second-order valence-corrected chi connectivity index (χ2v) is 4.69. The molecule has 0 aliphatic heterocycles. The first-order valence-electron chi connectivity index (χ1n) is 3.71. The molecule has 4 nitrogen and oxygen atoms in total. The number of pyridine rings is 1. The lowest BCUT2D eigenvalue weighted by molar-refractivity contribution is 0.599. The summed E-state index contributed by atoms with van der Waals surface area (Å²) in [5.74, 6) is -1.01. The molecule has 0 saturated carbocycles. The zero-order chi connectivity index (χ0) is 10.6. The molecular formula is C7H8ClFN2O2S. The molecule has 0 bridgehead atoms. The van der Waals surface area contributed by atoms with Crippen LogP contribution >= 0.6 is 11.6 Å². The normalized spacial score (nSPS) is 11.3. The first-order valence-corrected chi connectivity index (χ1v) is 5.90. The largest absolute Gasteiger partial charge is 0.280 e. The van der Waals surface area contributed by atoms with Gasteiger partial charge >= 0.3 is 0 Å². The lowest BCUT2D eigenvalue weighted by atomic mass is 10.4. The fraction of sp³-hybridized carbons (Fsp3) is 0.286. The maximum absolute atomic E-state index is 12.9. The predicted octanol–water partition coefficient (Wildman–Crippen LogP) is 1.20. The summed E-state index contributed by atoms with van der Waals surface area (Å²) in [6.07, 6.45) is 2.22. The molecule has 0 atom stereocenters. The van der Waals surface area contributed by atoms with Gasteiger partial charge in [0.15, 0.2) is 5.82 Å². The molecule has 1 rings (SSSR count). The maximum atomic E-state index is 12.9. The van der Waals surface area contributed by atoms with Crippen LogP contribution in [0.4, 0.5) is 10.1 Å². The SMILES string of the molecule is O=S(=O)(CCCl)Nc1ccncc1F. The summed E-state index contributed by atoms with van der Waals surface area (Å²) in [6, 6.07) is 1.24. The Morgan fingerprint density at radius 1 is 1.57 bits per heavy atom. The quantitative estimate of drug-likeness (QED) is 0.802. The third-order valence-electron chi connectivity index (χ3n) is 1.38. The second kappa shape index (κ2) is 4.56. The standard InChI is InChI=1S/C7H8ClFN2O2S/c8-2-4-14(12,13)11-7-1-3-10-5-6(7)9/h1,3,5H,2,4H2,(H,10,11). The van der Waals surface area contributed by atoms with Gasteiger partial charge in [-0.25, -0.2) is 12.8 Å². The van der Waals surface area contributed by atoms with Gasteiger partial charge in [0.25, 0.3) is 0 Å². The van der Waals surface area contributed by atoms with Crippen molar-refractivity contribution in [2.45, 2.75) is 0 Å². The minimum Gasteiger partial charge on any atom is -0.280 e. The van der Waals surface area contributed by atoms with Gasteiger partial charge in [0.1, 0.15) is 0 Å². The van der Waals surface area contributed by atoms with E-state index in [2.05, 4.69) is 9.71 Å². The molecule has 0 aliphatic carbocycles. The molecule has 0 amide bonds. The average molecular weight is 239 g/mol. The van der Waals surface area contributed by atoms with E-state index in [1.807, 2.05) is 0 Å². The van der Waals surface area contributed by atoms with Crippen molar-refractivity contribution in [3.05, 3.63) is 24.3 Å². The number of nitrogens with one attached hydrogen (secondary N) is 1. The summed E-state index contributed by atoms with van der Waals surface area (Å²) in [5.41, 5.74) is -0.120. The van der Waals surface area contributed by atoms with E-state index in [4.69, 9.17) is 11.6 Å². The molecular weight excluding hydrogens is 231 g/mol. The molecule has 0 radical (unpaired) electrons. The predicted molar refractivity (Wildman–Crippen MR) is 52.3 cm³/mol. The lowest BCUT2D eigenvalue weighted by Gasteiger charge is -2.06. The summed E-state index contributed by atoms with van der Waals surface area (Å²) in [7, 11) is -3.56. The van der Waals surface area contributed by atoms with E-state index in [1.165, 1.54) is 12.3 Å². The van der Waals surface area contributed by atoms with E-state index in [0.717, 1.165) is 6.20 Å². The van der Waals surface area contributed by atoms with Crippen molar-refractivity contribution in [2.75, 3.05) is 16.4 Å². The Labute approximate surface area is 86.2 Å². The van der Waals surface area contributed by atoms with Gasteiger partial charge in [-0.05, 0) is 6.07 Å². The highest BCUT2D eigenvalue weighted by Gasteiger charge is 2.11. The van der Waals surface area contributed by atoms with Crippen LogP contribution in [0.25, 0.3) is 0 Å². The topological polar surface area (TPSA) is 59.1 Å². The van der Waals surface area contributed by atoms with Crippen molar-refractivity contribution in [1.82, 2.24) is 4.98 Å². The third kappa shape index (κ3) is 3.12. The van der Waals surface area contributed by atoms with Crippen molar-refractivity contribution in [2.24, 2.45) is 0 Å².